The largest absolute Gasteiger partial charge is 0.508 e. The first-order valence-corrected chi connectivity index (χ1v) is 7.29. The number of fused-ring (bicyclic) bond motifs is 1. The third-order valence-electron chi connectivity index (χ3n) is 3.57. The van der Waals surface area contributed by atoms with Crippen molar-refractivity contribution in [2.45, 2.75) is 19.6 Å². The Kier molecular flexibility index (Phi) is 3.89. The molecule has 6 nitrogen and oxygen atoms in total. The quantitative estimate of drug-likeness (QED) is 0.774. The molecule has 2 aromatic carbocycles. The molecule has 1 atom stereocenters. The van der Waals surface area contributed by atoms with Crippen LogP contribution in [-0.4, -0.2) is 14.7 Å². The summed E-state index contributed by atoms with van der Waals surface area (Å²) < 4.78 is 7.26. The summed E-state index contributed by atoms with van der Waals surface area (Å²) in [6, 6.07) is 13.2. The number of phenols is 1. The van der Waals surface area contributed by atoms with Gasteiger partial charge in [-0.05, 0) is 24.3 Å². The van der Waals surface area contributed by atoms with E-state index in [0.29, 0.717) is 23.1 Å². The summed E-state index contributed by atoms with van der Waals surface area (Å²) in [5.74, 6) is 0.523. The molecule has 118 valence electrons. The fraction of sp³-hybridized carbons (Fsp3) is 0.176. The molecule has 0 amide bonds. The Morgan fingerprint density at radius 2 is 1.96 bits per heavy atom. The first-order chi connectivity index (χ1) is 11.1. The maximum absolute atomic E-state index is 12.3. The number of benzene rings is 2. The average molecular weight is 312 g/mol. The van der Waals surface area contributed by atoms with Crippen molar-refractivity contribution in [3.8, 4) is 11.5 Å². The topological polar surface area (TPSA) is 84.3 Å². The normalized spacial score (nSPS) is 12.2. The number of aromatic nitrogens is 2. The first-order valence-electron chi connectivity index (χ1n) is 7.29. The molecule has 0 spiro atoms. The monoisotopic (exact) mass is 312 g/mol. The number of H-pyrrole nitrogens is 1. The number of nitrogens with one attached hydrogen (secondary N) is 1. The number of aromatic hydroxyl groups is 1. The molecule has 2 N–H and O–H groups in total. The zero-order valence-electron chi connectivity index (χ0n) is 12.5. The number of ether oxygens (including phenoxy) is 1. The fourth-order valence-corrected chi connectivity index (χ4v) is 2.53. The summed E-state index contributed by atoms with van der Waals surface area (Å²) >= 11 is 0. The van der Waals surface area contributed by atoms with E-state index in [1.54, 1.807) is 36.4 Å². The van der Waals surface area contributed by atoms with Crippen LogP contribution in [-0.2, 0) is 0 Å². The lowest BCUT2D eigenvalue weighted by molar-refractivity contribution is 0.127. The van der Waals surface area contributed by atoms with Gasteiger partial charge in [-0.2, -0.15) is 0 Å². The molecule has 3 rings (SSSR count). The summed E-state index contributed by atoms with van der Waals surface area (Å²) in [6.07, 6.45) is -0.1000. The van der Waals surface area contributed by atoms with E-state index >= 15 is 0 Å². The SMILES string of the molecule is CCC(Oc1cccc(O)c1)n1c(=O)[nH]c(=O)c2ccccc21. The Balaban J connectivity index is 2.13. The van der Waals surface area contributed by atoms with Crippen molar-refractivity contribution in [3.63, 3.8) is 0 Å². The van der Waals surface area contributed by atoms with Crippen LogP contribution in [0.4, 0.5) is 0 Å². The lowest BCUT2D eigenvalue weighted by Crippen LogP contribution is -2.34. The van der Waals surface area contributed by atoms with Crippen LogP contribution in [0.15, 0.2) is 58.1 Å². The van der Waals surface area contributed by atoms with Gasteiger partial charge in [-0.15, -0.1) is 0 Å². The Morgan fingerprint density at radius 3 is 2.70 bits per heavy atom. The lowest BCUT2D eigenvalue weighted by atomic mass is 10.2. The lowest BCUT2D eigenvalue weighted by Gasteiger charge is -2.21. The molecule has 0 saturated heterocycles. The summed E-state index contributed by atoms with van der Waals surface area (Å²) in [4.78, 5) is 26.5. The van der Waals surface area contributed by atoms with Gasteiger partial charge in [-0.25, -0.2) is 4.79 Å². The molecular weight excluding hydrogens is 296 g/mol. The molecule has 1 unspecified atom stereocenters. The van der Waals surface area contributed by atoms with Gasteiger partial charge in [0.15, 0.2) is 6.23 Å². The molecule has 0 aliphatic rings. The van der Waals surface area contributed by atoms with Gasteiger partial charge in [0.25, 0.3) is 5.56 Å². The van der Waals surface area contributed by atoms with Crippen LogP contribution in [0.5, 0.6) is 11.5 Å². The van der Waals surface area contributed by atoms with E-state index in [0.717, 1.165) is 0 Å². The van der Waals surface area contributed by atoms with Crippen LogP contribution < -0.4 is 16.0 Å². The highest BCUT2D eigenvalue weighted by Crippen LogP contribution is 2.24. The molecule has 3 aromatic rings. The van der Waals surface area contributed by atoms with Gasteiger partial charge in [-0.1, -0.05) is 25.1 Å². The fourth-order valence-electron chi connectivity index (χ4n) is 2.53. The van der Waals surface area contributed by atoms with E-state index in [2.05, 4.69) is 4.98 Å². The van der Waals surface area contributed by atoms with Crippen LogP contribution in [0.2, 0.25) is 0 Å². The number of nitrogens with zero attached hydrogens (tertiary/aromatic N) is 1. The number of aromatic amines is 1. The van der Waals surface area contributed by atoms with E-state index in [4.69, 9.17) is 4.74 Å². The van der Waals surface area contributed by atoms with Gasteiger partial charge in [0.1, 0.15) is 11.5 Å². The molecule has 0 saturated carbocycles. The molecule has 1 heterocycles. The first kappa shape index (κ1) is 14.9. The van der Waals surface area contributed by atoms with E-state index in [1.807, 2.05) is 6.92 Å². The molecule has 6 heteroatoms. The van der Waals surface area contributed by atoms with Crippen LogP contribution in [0.3, 0.4) is 0 Å². The van der Waals surface area contributed by atoms with Crippen molar-refractivity contribution in [1.29, 1.82) is 0 Å². The minimum absolute atomic E-state index is 0.0797. The number of hydrogen-bond donors (Lipinski definition) is 2. The van der Waals surface area contributed by atoms with E-state index < -0.39 is 17.5 Å². The molecule has 23 heavy (non-hydrogen) atoms. The van der Waals surface area contributed by atoms with Gasteiger partial charge in [-0.3, -0.25) is 14.3 Å². The maximum Gasteiger partial charge on any atom is 0.331 e. The van der Waals surface area contributed by atoms with Crippen molar-refractivity contribution < 1.29 is 9.84 Å². The average Bonchev–Trinajstić information content (AvgIpc) is 2.54. The Hall–Kier alpha value is -3.02. The van der Waals surface area contributed by atoms with Gasteiger partial charge >= 0.3 is 5.69 Å². The maximum atomic E-state index is 12.3. The Morgan fingerprint density at radius 1 is 1.17 bits per heavy atom. The molecule has 0 radical (unpaired) electrons. The third-order valence-corrected chi connectivity index (χ3v) is 3.57. The number of phenolic OH excluding ortho intramolecular Hbond substituents is 1. The molecule has 0 fully saturated rings. The highest BCUT2D eigenvalue weighted by atomic mass is 16.5. The van der Waals surface area contributed by atoms with Crippen molar-refractivity contribution in [3.05, 3.63) is 69.4 Å². The molecule has 0 aliphatic carbocycles. The van der Waals surface area contributed by atoms with Gasteiger partial charge < -0.3 is 9.84 Å². The van der Waals surface area contributed by atoms with Crippen LogP contribution in [0, 0.1) is 0 Å². The van der Waals surface area contributed by atoms with Crippen molar-refractivity contribution in [2.75, 3.05) is 0 Å². The zero-order chi connectivity index (χ0) is 16.4. The Bertz CT molecular complexity index is 958. The Labute approximate surface area is 131 Å². The summed E-state index contributed by atoms with van der Waals surface area (Å²) in [5, 5.41) is 9.96. The third kappa shape index (κ3) is 2.83. The predicted octanol–water partition coefficient (Wildman–Crippen LogP) is 2.38. The van der Waals surface area contributed by atoms with E-state index in [1.165, 1.54) is 16.7 Å². The van der Waals surface area contributed by atoms with Crippen LogP contribution in [0.25, 0.3) is 10.9 Å². The number of hydrogen-bond acceptors (Lipinski definition) is 4. The van der Waals surface area contributed by atoms with Crippen molar-refractivity contribution in [2.24, 2.45) is 0 Å². The highest BCUT2D eigenvalue weighted by molar-refractivity contribution is 5.77. The highest BCUT2D eigenvalue weighted by Gasteiger charge is 2.17. The zero-order valence-corrected chi connectivity index (χ0v) is 12.5. The smallest absolute Gasteiger partial charge is 0.331 e. The number of rotatable bonds is 4. The second-order valence-corrected chi connectivity index (χ2v) is 5.12. The second-order valence-electron chi connectivity index (χ2n) is 5.12. The van der Waals surface area contributed by atoms with Gasteiger partial charge in [0.2, 0.25) is 0 Å². The second kappa shape index (κ2) is 6.00. The van der Waals surface area contributed by atoms with Crippen LogP contribution >= 0.6 is 0 Å². The summed E-state index contributed by atoms with van der Waals surface area (Å²) in [6.45, 7) is 1.87. The van der Waals surface area contributed by atoms with Gasteiger partial charge in [0.05, 0.1) is 10.9 Å². The van der Waals surface area contributed by atoms with E-state index in [-0.39, 0.29) is 5.75 Å². The predicted molar refractivity (Wildman–Crippen MR) is 86.9 cm³/mol. The molecule has 1 aromatic heterocycles. The molecule has 0 aliphatic heterocycles. The molecular formula is C17H16N2O4. The van der Waals surface area contributed by atoms with Crippen molar-refractivity contribution in [1.82, 2.24) is 9.55 Å². The standard InChI is InChI=1S/C17H16N2O4/c1-2-15(23-12-7-5-6-11(20)10-12)19-14-9-4-3-8-13(14)16(21)18-17(19)22/h3-10,15,20H,2H2,1H3,(H,18,21,22). The van der Waals surface area contributed by atoms with Gasteiger partial charge in [0, 0.05) is 12.5 Å². The minimum Gasteiger partial charge on any atom is -0.508 e. The summed E-state index contributed by atoms with van der Waals surface area (Å²) in [5.41, 5.74) is -0.442. The molecule has 0 bridgehead atoms. The van der Waals surface area contributed by atoms with E-state index in [9.17, 15) is 14.7 Å². The van der Waals surface area contributed by atoms with Crippen molar-refractivity contribution >= 4 is 10.9 Å². The number of para-hydroxylation sites is 1. The van der Waals surface area contributed by atoms with Crippen LogP contribution in [0.1, 0.15) is 19.6 Å². The minimum atomic E-state index is -0.606. The summed E-state index contributed by atoms with van der Waals surface area (Å²) in [7, 11) is 0.